The Morgan fingerprint density at radius 2 is 1.87 bits per heavy atom. The number of halogens is 1. The molecule has 1 aliphatic rings. The summed E-state index contributed by atoms with van der Waals surface area (Å²) in [5, 5.41) is 2.20. The first-order valence-corrected chi connectivity index (χ1v) is 12.3. The molecular weight excluding hydrogens is 432 g/mol. The Hall–Kier alpha value is -2.08. The first-order valence-electron chi connectivity index (χ1n) is 10.1. The van der Waals surface area contributed by atoms with Crippen molar-refractivity contribution in [2.24, 2.45) is 0 Å². The van der Waals surface area contributed by atoms with Crippen molar-refractivity contribution in [2.75, 3.05) is 0 Å². The van der Waals surface area contributed by atoms with E-state index >= 15 is 0 Å². The fourth-order valence-electron chi connectivity index (χ4n) is 4.02. The standard InChI is InChI=1S/C24H21ClN2OS2/c1-15-6-2-3-7-16(15)14-29-24-26-22-21(19-8-4-5-9-20(19)30-22)23(28)27(24)18-12-10-17(25)11-13-18/h2-3,6-7,10-13H,4-5,8-9,14H2,1H3. The van der Waals surface area contributed by atoms with E-state index < -0.39 is 0 Å². The number of thiophene rings is 1. The molecule has 0 unspecified atom stereocenters. The van der Waals surface area contributed by atoms with Gasteiger partial charge in [-0.05, 0) is 73.6 Å². The molecule has 0 spiro atoms. The Morgan fingerprint density at radius 3 is 2.67 bits per heavy atom. The molecule has 2 aromatic heterocycles. The van der Waals surface area contributed by atoms with Gasteiger partial charge in [0.25, 0.3) is 5.56 Å². The lowest BCUT2D eigenvalue weighted by Crippen LogP contribution is -2.22. The third-order valence-electron chi connectivity index (χ3n) is 5.66. The average molecular weight is 453 g/mol. The first-order chi connectivity index (χ1) is 14.6. The Bertz CT molecular complexity index is 1290. The van der Waals surface area contributed by atoms with E-state index in [4.69, 9.17) is 16.6 Å². The molecule has 1 aliphatic carbocycles. The Kier molecular flexibility index (Phi) is 5.44. The molecule has 6 heteroatoms. The minimum Gasteiger partial charge on any atom is -0.268 e. The van der Waals surface area contributed by atoms with Gasteiger partial charge in [0.05, 0.1) is 11.1 Å². The van der Waals surface area contributed by atoms with Crippen molar-refractivity contribution >= 4 is 44.9 Å². The summed E-state index contributed by atoms with van der Waals surface area (Å²) < 4.78 is 1.77. The summed E-state index contributed by atoms with van der Waals surface area (Å²) >= 11 is 9.42. The van der Waals surface area contributed by atoms with Gasteiger partial charge in [0.2, 0.25) is 0 Å². The molecule has 30 heavy (non-hydrogen) atoms. The van der Waals surface area contributed by atoms with Crippen molar-refractivity contribution in [2.45, 2.75) is 43.5 Å². The molecule has 2 aromatic carbocycles. The van der Waals surface area contributed by atoms with Crippen LogP contribution in [-0.4, -0.2) is 9.55 Å². The van der Waals surface area contributed by atoms with E-state index in [1.54, 1.807) is 27.7 Å². The number of thioether (sulfide) groups is 1. The van der Waals surface area contributed by atoms with Gasteiger partial charge in [-0.15, -0.1) is 11.3 Å². The zero-order valence-electron chi connectivity index (χ0n) is 16.7. The van der Waals surface area contributed by atoms with Gasteiger partial charge < -0.3 is 0 Å². The third kappa shape index (κ3) is 3.59. The van der Waals surface area contributed by atoms with Crippen molar-refractivity contribution in [1.29, 1.82) is 0 Å². The van der Waals surface area contributed by atoms with Crippen LogP contribution in [0.2, 0.25) is 5.02 Å². The second kappa shape index (κ2) is 8.22. The molecule has 0 radical (unpaired) electrons. The molecule has 0 saturated heterocycles. The number of hydrogen-bond donors (Lipinski definition) is 0. The van der Waals surface area contributed by atoms with Crippen LogP contribution >= 0.6 is 34.7 Å². The molecule has 3 nitrogen and oxygen atoms in total. The molecule has 5 rings (SSSR count). The quantitative estimate of drug-likeness (QED) is 0.259. The zero-order valence-corrected chi connectivity index (χ0v) is 19.0. The summed E-state index contributed by atoms with van der Waals surface area (Å²) in [5.41, 5.74) is 4.57. The van der Waals surface area contributed by atoms with E-state index in [1.165, 1.54) is 28.0 Å². The van der Waals surface area contributed by atoms with Crippen molar-refractivity contribution in [3.8, 4) is 5.69 Å². The summed E-state index contributed by atoms with van der Waals surface area (Å²) in [4.78, 5) is 20.9. The van der Waals surface area contributed by atoms with Gasteiger partial charge in [0.1, 0.15) is 4.83 Å². The highest BCUT2D eigenvalue weighted by molar-refractivity contribution is 7.98. The van der Waals surface area contributed by atoms with Crippen LogP contribution in [0, 0.1) is 6.92 Å². The molecule has 0 aliphatic heterocycles. The third-order valence-corrected chi connectivity index (χ3v) is 8.09. The molecular formula is C24H21ClN2OS2. The molecule has 152 valence electrons. The molecule has 4 aromatic rings. The van der Waals surface area contributed by atoms with Crippen molar-refractivity contribution in [1.82, 2.24) is 9.55 Å². The van der Waals surface area contributed by atoms with Gasteiger partial charge in [0, 0.05) is 15.7 Å². The highest BCUT2D eigenvalue weighted by Crippen LogP contribution is 2.35. The van der Waals surface area contributed by atoms with Crippen LogP contribution in [0.5, 0.6) is 0 Å². The van der Waals surface area contributed by atoms with E-state index in [9.17, 15) is 4.79 Å². The fraction of sp³-hybridized carbons (Fsp3) is 0.250. The lowest BCUT2D eigenvalue weighted by molar-refractivity contribution is 0.699. The maximum atomic E-state index is 13.7. The topological polar surface area (TPSA) is 34.9 Å². The van der Waals surface area contributed by atoms with Crippen LogP contribution in [0.25, 0.3) is 15.9 Å². The number of benzene rings is 2. The van der Waals surface area contributed by atoms with Crippen LogP contribution in [-0.2, 0) is 18.6 Å². The van der Waals surface area contributed by atoms with Gasteiger partial charge in [-0.1, -0.05) is 47.6 Å². The normalized spacial score (nSPS) is 13.5. The predicted molar refractivity (Wildman–Crippen MR) is 128 cm³/mol. The molecule has 0 N–H and O–H groups in total. The van der Waals surface area contributed by atoms with E-state index in [0.29, 0.717) is 5.02 Å². The number of hydrogen-bond acceptors (Lipinski definition) is 4. The van der Waals surface area contributed by atoms with Gasteiger partial charge in [-0.25, -0.2) is 4.98 Å². The maximum absolute atomic E-state index is 13.7. The lowest BCUT2D eigenvalue weighted by atomic mass is 9.97. The van der Waals surface area contributed by atoms with E-state index in [1.807, 2.05) is 30.3 Å². The predicted octanol–water partition coefficient (Wildman–Crippen LogP) is 6.58. The molecule has 0 amide bonds. The molecule has 0 atom stereocenters. The van der Waals surface area contributed by atoms with Gasteiger partial charge in [-0.2, -0.15) is 0 Å². The first kappa shape index (κ1) is 19.9. The summed E-state index contributed by atoms with van der Waals surface area (Å²) in [6.07, 6.45) is 4.37. The summed E-state index contributed by atoms with van der Waals surface area (Å²) in [6.45, 7) is 2.12. The van der Waals surface area contributed by atoms with E-state index in [-0.39, 0.29) is 5.56 Å². The smallest absolute Gasteiger partial charge is 0.267 e. The van der Waals surface area contributed by atoms with Crippen LogP contribution in [0.1, 0.15) is 34.4 Å². The van der Waals surface area contributed by atoms with E-state index in [2.05, 4.69) is 25.1 Å². The molecule has 0 saturated carbocycles. The summed E-state index contributed by atoms with van der Waals surface area (Å²) in [6, 6.07) is 15.8. The van der Waals surface area contributed by atoms with Gasteiger partial charge >= 0.3 is 0 Å². The summed E-state index contributed by atoms with van der Waals surface area (Å²) in [5.74, 6) is 0.767. The maximum Gasteiger partial charge on any atom is 0.267 e. The Morgan fingerprint density at radius 1 is 1.10 bits per heavy atom. The minimum atomic E-state index is 0.0361. The van der Waals surface area contributed by atoms with Gasteiger partial charge in [0.15, 0.2) is 5.16 Å². The van der Waals surface area contributed by atoms with Crippen LogP contribution in [0.3, 0.4) is 0 Å². The van der Waals surface area contributed by atoms with Crippen molar-refractivity contribution in [3.05, 3.63) is 85.5 Å². The second-order valence-electron chi connectivity index (χ2n) is 7.62. The zero-order chi connectivity index (χ0) is 20.7. The SMILES string of the molecule is Cc1ccccc1CSc1nc2sc3c(c2c(=O)n1-c1ccc(Cl)cc1)CCCC3. The van der Waals surface area contributed by atoms with Crippen LogP contribution < -0.4 is 5.56 Å². The Labute approximate surface area is 188 Å². The monoisotopic (exact) mass is 452 g/mol. The number of aryl methyl sites for hydroxylation is 3. The molecule has 2 heterocycles. The van der Waals surface area contributed by atoms with Crippen LogP contribution in [0.4, 0.5) is 0 Å². The number of nitrogens with zero attached hydrogens (tertiary/aromatic N) is 2. The van der Waals surface area contributed by atoms with Crippen LogP contribution in [0.15, 0.2) is 58.5 Å². The lowest BCUT2D eigenvalue weighted by Gasteiger charge is -2.14. The van der Waals surface area contributed by atoms with E-state index in [0.717, 1.165) is 46.1 Å². The largest absolute Gasteiger partial charge is 0.268 e. The average Bonchev–Trinajstić information content (AvgIpc) is 3.13. The number of aromatic nitrogens is 2. The fourth-order valence-corrected chi connectivity index (χ4v) is 6.53. The highest BCUT2D eigenvalue weighted by Gasteiger charge is 2.23. The minimum absolute atomic E-state index is 0.0361. The molecule has 0 bridgehead atoms. The van der Waals surface area contributed by atoms with Crippen molar-refractivity contribution < 1.29 is 0 Å². The summed E-state index contributed by atoms with van der Waals surface area (Å²) in [7, 11) is 0. The number of rotatable bonds is 4. The Balaban J connectivity index is 1.67. The van der Waals surface area contributed by atoms with Gasteiger partial charge in [-0.3, -0.25) is 9.36 Å². The highest BCUT2D eigenvalue weighted by atomic mass is 35.5. The number of fused-ring (bicyclic) bond motifs is 3. The molecule has 0 fully saturated rings. The van der Waals surface area contributed by atoms with Crippen molar-refractivity contribution in [3.63, 3.8) is 0 Å². The second-order valence-corrected chi connectivity index (χ2v) is 10.1.